The van der Waals surface area contributed by atoms with Gasteiger partial charge in [0.2, 0.25) is 12.0 Å². The Hall–Kier alpha value is -2.37. The molecule has 1 heterocycles. The highest BCUT2D eigenvalue weighted by Crippen LogP contribution is 2.16. The SMILES string of the molecule is CC1=NOC(C(=O)NCCC(=O)Nc2ccc(C)cc2C)C1. The Balaban J connectivity index is 1.73. The Kier molecular flexibility index (Phi) is 5.14. The summed E-state index contributed by atoms with van der Waals surface area (Å²) < 4.78 is 0. The smallest absolute Gasteiger partial charge is 0.264 e. The second kappa shape index (κ2) is 7.06. The molecule has 6 nitrogen and oxygen atoms in total. The number of carbonyl (C=O) groups is 2. The Morgan fingerprint density at radius 3 is 2.73 bits per heavy atom. The lowest BCUT2D eigenvalue weighted by Crippen LogP contribution is -2.36. The van der Waals surface area contributed by atoms with Crippen molar-refractivity contribution in [3.05, 3.63) is 29.3 Å². The summed E-state index contributed by atoms with van der Waals surface area (Å²) in [4.78, 5) is 28.7. The van der Waals surface area contributed by atoms with Crippen LogP contribution >= 0.6 is 0 Å². The van der Waals surface area contributed by atoms with Crippen molar-refractivity contribution in [3.63, 3.8) is 0 Å². The van der Waals surface area contributed by atoms with Crippen molar-refractivity contribution in [1.29, 1.82) is 0 Å². The molecule has 0 saturated heterocycles. The molecule has 1 aromatic rings. The van der Waals surface area contributed by atoms with E-state index in [4.69, 9.17) is 4.84 Å². The number of carbonyl (C=O) groups excluding carboxylic acids is 2. The van der Waals surface area contributed by atoms with E-state index in [1.807, 2.05) is 39.0 Å². The molecular formula is C16H21N3O3. The van der Waals surface area contributed by atoms with Crippen LogP contribution in [-0.4, -0.2) is 30.2 Å². The molecule has 2 N–H and O–H groups in total. The van der Waals surface area contributed by atoms with Crippen LogP contribution in [-0.2, 0) is 14.4 Å². The molecule has 0 radical (unpaired) electrons. The number of hydrogen-bond acceptors (Lipinski definition) is 4. The van der Waals surface area contributed by atoms with E-state index in [1.54, 1.807) is 0 Å². The van der Waals surface area contributed by atoms with E-state index < -0.39 is 6.10 Å². The van der Waals surface area contributed by atoms with Gasteiger partial charge in [0.25, 0.3) is 5.91 Å². The second-order valence-corrected chi connectivity index (χ2v) is 5.53. The quantitative estimate of drug-likeness (QED) is 0.872. The minimum atomic E-state index is -0.567. The molecule has 6 heteroatoms. The van der Waals surface area contributed by atoms with Crippen LogP contribution in [0.4, 0.5) is 5.69 Å². The minimum absolute atomic E-state index is 0.132. The molecular weight excluding hydrogens is 282 g/mol. The van der Waals surface area contributed by atoms with Gasteiger partial charge in [0.15, 0.2) is 0 Å². The molecule has 0 fully saturated rings. The third-order valence-corrected chi connectivity index (χ3v) is 3.42. The Bertz CT molecular complexity index is 611. The van der Waals surface area contributed by atoms with Gasteiger partial charge in [-0.1, -0.05) is 22.9 Å². The van der Waals surface area contributed by atoms with Gasteiger partial charge < -0.3 is 15.5 Å². The van der Waals surface area contributed by atoms with Crippen molar-refractivity contribution in [1.82, 2.24) is 5.32 Å². The topological polar surface area (TPSA) is 79.8 Å². The first-order valence-corrected chi connectivity index (χ1v) is 7.30. The van der Waals surface area contributed by atoms with E-state index in [0.29, 0.717) is 6.42 Å². The van der Waals surface area contributed by atoms with Crippen molar-refractivity contribution in [2.45, 2.75) is 39.7 Å². The summed E-state index contributed by atoms with van der Waals surface area (Å²) >= 11 is 0. The molecule has 1 unspecified atom stereocenters. The van der Waals surface area contributed by atoms with E-state index in [2.05, 4.69) is 15.8 Å². The Morgan fingerprint density at radius 2 is 2.09 bits per heavy atom. The molecule has 118 valence electrons. The van der Waals surface area contributed by atoms with Crippen molar-refractivity contribution < 1.29 is 14.4 Å². The summed E-state index contributed by atoms with van der Waals surface area (Å²) in [5.74, 6) is -0.369. The number of rotatable bonds is 5. The highest BCUT2D eigenvalue weighted by atomic mass is 16.6. The fourth-order valence-electron chi connectivity index (χ4n) is 2.22. The molecule has 0 spiro atoms. The zero-order valence-electron chi connectivity index (χ0n) is 13.1. The predicted octanol–water partition coefficient (Wildman–Crippen LogP) is 1.91. The monoisotopic (exact) mass is 303 g/mol. The summed E-state index contributed by atoms with van der Waals surface area (Å²) in [6, 6.07) is 5.84. The maximum absolute atomic E-state index is 11.9. The third kappa shape index (κ3) is 4.31. The summed E-state index contributed by atoms with van der Waals surface area (Å²) in [6.45, 7) is 6.04. The van der Waals surface area contributed by atoms with Gasteiger partial charge in [0.05, 0.1) is 5.71 Å². The molecule has 2 rings (SSSR count). The lowest BCUT2D eigenvalue weighted by Gasteiger charge is -2.11. The molecule has 0 bridgehead atoms. The maximum atomic E-state index is 11.9. The van der Waals surface area contributed by atoms with Crippen molar-refractivity contribution in [3.8, 4) is 0 Å². The zero-order valence-corrected chi connectivity index (χ0v) is 13.1. The first kappa shape index (κ1) is 16.0. The number of hydrogen-bond donors (Lipinski definition) is 2. The van der Waals surface area contributed by atoms with E-state index in [1.165, 1.54) is 0 Å². The second-order valence-electron chi connectivity index (χ2n) is 5.53. The standard InChI is InChI=1S/C16H21N3O3/c1-10-4-5-13(11(2)8-10)18-15(20)6-7-17-16(21)14-9-12(3)19-22-14/h4-5,8,14H,6-7,9H2,1-3H3,(H,17,21)(H,18,20). The summed E-state index contributed by atoms with van der Waals surface area (Å²) in [5, 5.41) is 9.26. The number of nitrogens with one attached hydrogen (secondary N) is 2. The largest absolute Gasteiger partial charge is 0.382 e. The van der Waals surface area contributed by atoms with Gasteiger partial charge in [0.1, 0.15) is 0 Å². The highest BCUT2D eigenvalue weighted by Gasteiger charge is 2.25. The highest BCUT2D eigenvalue weighted by molar-refractivity contribution is 5.93. The van der Waals surface area contributed by atoms with Crippen LogP contribution < -0.4 is 10.6 Å². The minimum Gasteiger partial charge on any atom is -0.382 e. The molecule has 0 aromatic heterocycles. The fraction of sp³-hybridized carbons (Fsp3) is 0.438. The molecule has 1 aliphatic heterocycles. The molecule has 2 amide bonds. The number of oxime groups is 1. The number of anilines is 1. The summed E-state index contributed by atoms with van der Waals surface area (Å²) in [5.41, 5.74) is 3.76. The van der Waals surface area contributed by atoms with Crippen LogP contribution in [0, 0.1) is 13.8 Å². The molecule has 0 saturated carbocycles. The van der Waals surface area contributed by atoms with Crippen LogP contribution in [0.2, 0.25) is 0 Å². The lowest BCUT2D eigenvalue weighted by atomic mass is 10.1. The van der Waals surface area contributed by atoms with Crippen LogP contribution in [0.15, 0.2) is 23.4 Å². The van der Waals surface area contributed by atoms with Gasteiger partial charge >= 0.3 is 0 Å². The average molecular weight is 303 g/mol. The van der Waals surface area contributed by atoms with Crippen molar-refractivity contribution in [2.24, 2.45) is 5.16 Å². The number of aryl methyl sites for hydroxylation is 2. The van der Waals surface area contributed by atoms with E-state index in [0.717, 1.165) is 22.5 Å². The van der Waals surface area contributed by atoms with Gasteiger partial charge in [-0.2, -0.15) is 0 Å². The van der Waals surface area contributed by atoms with Gasteiger partial charge in [-0.3, -0.25) is 9.59 Å². The van der Waals surface area contributed by atoms with Crippen LogP contribution in [0.3, 0.4) is 0 Å². The zero-order chi connectivity index (χ0) is 16.1. The molecule has 1 aliphatic rings. The van der Waals surface area contributed by atoms with E-state index in [-0.39, 0.29) is 24.8 Å². The Labute approximate surface area is 129 Å². The number of benzene rings is 1. The predicted molar refractivity (Wildman–Crippen MR) is 84.8 cm³/mol. The molecule has 22 heavy (non-hydrogen) atoms. The van der Waals surface area contributed by atoms with Gasteiger partial charge in [-0.25, -0.2) is 0 Å². The van der Waals surface area contributed by atoms with Gasteiger partial charge in [0, 0.05) is 25.1 Å². The van der Waals surface area contributed by atoms with Crippen LogP contribution in [0.1, 0.15) is 30.9 Å². The van der Waals surface area contributed by atoms with Crippen molar-refractivity contribution >= 4 is 23.2 Å². The molecule has 1 aromatic carbocycles. The maximum Gasteiger partial charge on any atom is 0.264 e. The summed E-state index contributed by atoms with van der Waals surface area (Å²) in [7, 11) is 0. The fourth-order valence-corrected chi connectivity index (χ4v) is 2.22. The van der Waals surface area contributed by atoms with Gasteiger partial charge in [-0.05, 0) is 32.4 Å². The molecule has 1 atom stereocenters. The first-order valence-electron chi connectivity index (χ1n) is 7.30. The number of nitrogens with zero attached hydrogens (tertiary/aromatic N) is 1. The third-order valence-electron chi connectivity index (χ3n) is 3.42. The van der Waals surface area contributed by atoms with Crippen LogP contribution in [0.25, 0.3) is 0 Å². The summed E-state index contributed by atoms with van der Waals surface area (Å²) in [6.07, 6.45) is 0.147. The first-order chi connectivity index (χ1) is 10.5. The lowest BCUT2D eigenvalue weighted by molar-refractivity contribution is -0.131. The normalized spacial score (nSPS) is 16.7. The van der Waals surface area contributed by atoms with Crippen LogP contribution in [0.5, 0.6) is 0 Å². The van der Waals surface area contributed by atoms with E-state index in [9.17, 15) is 9.59 Å². The Morgan fingerprint density at radius 1 is 1.32 bits per heavy atom. The van der Waals surface area contributed by atoms with Crippen molar-refractivity contribution in [2.75, 3.05) is 11.9 Å². The number of amides is 2. The molecule has 0 aliphatic carbocycles. The van der Waals surface area contributed by atoms with E-state index >= 15 is 0 Å². The van der Waals surface area contributed by atoms with Gasteiger partial charge in [-0.15, -0.1) is 0 Å². The average Bonchev–Trinajstić information content (AvgIpc) is 2.88.